The number of nitrogens with zero attached hydrogens (tertiary/aromatic N) is 2. The predicted molar refractivity (Wildman–Crippen MR) is 72.5 cm³/mol. The Morgan fingerprint density at radius 3 is 2.50 bits per heavy atom. The van der Waals surface area contributed by atoms with Gasteiger partial charge in [-0.15, -0.1) is 10.2 Å². The number of hydrogen-bond donors (Lipinski definition) is 1. The minimum atomic E-state index is -0.627. The summed E-state index contributed by atoms with van der Waals surface area (Å²) in [5.41, 5.74) is 0.473. The van der Waals surface area contributed by atoms with Gasteiger partial charge in [0.2, 0.25) is 11.0 Å². The molecule has 1 aromatic carbocycles. The minimum absolute atomic E-state index is 0.149. The van der Waals surface area contributed by atoms with Crippen LogP contribution < -0.4 is 5.32 Å². The number of nitrogens with one attached hydrogen (secondary N) is 1. The molecule has 0 spiro atoms. The monoisotopic (exact) mass is 297 g/mol. The van der Waals surface area contributed by atoms with E-state index in [1.54, 1.807) is 13.8 Å². The molecule has 106 valence electrons. The Balaban J connectivity index is 2.07. The van der Waals surface area contributed by atoms with Crippen molar-refractivity contribution in [2.45, 2.75) is 20.3 Å². The van der Waals surface area contributed by atoms with E-state index in [0.29, 0.717) is 15.7 Å². The first-order valence-corrected chi connectivity index (χ1v) is 6.84. The Hall–Kier alpha value is -1.89. The van der Waals surface area contributed by atoms with Crippen LogP contribution in [0.5, 0.6) is 0 Å². The Morgan fingerprint density at radius 1 is 1.25 bits per heavy atom. The van der Waals surface area contributed by atoms with Gasteiger partial charge in [-0.2, -0.15) is 0 Å². The molecule has 4 nitrogen and oxygen atoms in total. The molecular formula is C13H13F2N3OS. The summed E-state index contributed by atoms with van der Waals surface area (Å²) in [4.78, 5) is 11.5. The number of rotatable bonds is 4. The normalized spacial score (nSPS) is 10.8. The van der Waals surface area contributed by atoms with Crippen molar-refractivity contribution in [3.63, 3.8) is 0 Å². The topological polar surface area (TPSA) is 54.9 Å². The van der Waals surface area contributed by atoms with Crippen LogP contribution in [0.15, 0.2) is 18.2 Å². The molecule has 1 aromatic heterocycles. The second-order valence-electron chi connectivity index (χ2n) is 4.60. The van der Waals surface area contributed by atoms with Crippen molar-refractivity contribution in [1.29, 1.82) is 0 Å². The van der Waals surface area contributed by atoms with Crippen LogP contribution in [0.2, 0.25) is 0 Å². The lowest BCUT2D eigenvalue weighted by atomic mass is 10.1. The molecule has 1 N–H and O–H groups in total. The van der Waals surface area contributed by atoms with Gasteiger partial charge in [0, 0.05) is 18.4 Å². The zero-order chi connectivity index (χ0) is 14.7. The molecule has 0 saturated heterocycles. The highest BCUT2D eigenvalue weighted by Crippen LogP contribution is 2.20. The second kappa shape index (κ2) is 6.04. The van der Waals surface area contributed by atoms with E-state index in [2.05, 4.69) is 15.5 Å². The van der Waals surface area contributed by atoms with E-state index < -0.39 is 11.6 Å². The summed E-state index contributed by atoms with van der Waals surface area (Å²) in [6.07, 6.45) is 0.268. The third kappa shape index (κ3) is 3.80. The van der Waals surface area contributed by atoms with Crippen molar-refractivity contribution >= 4 is 22.4 Å². The number of benzene rings is 1. The summed E-state index contributed by atoms with van der Waals surface area (Å²) in [7, 11) is 0. The summed E-state index contributed by atoms with van der Waals surface area (Å²) in [5.74, 6) is -1.56. The van der Waals surface area contributed by atoms with Crippen LogP contribution in [0.4, 0.5) is 13.9 Å². The lowest BCUT2D eigenvalue weighted by molar-refractivity contribution is -0.118. The first-order valence-electron chi connectivity index (χ1n) is 6.02. The smallest absolute Gasteiger partial charge is 0.228 e. The maximum Gasteiger partial charge on any atom is 0.228 e. The van der Waals surface area contributed by atoms with E-state index in [9.17, 15) is 13.6 Å². The van der Waals surface area contributed by atoms with Gasteiger partial charge in [0.1, 0.15) is 16.6 Å². The van der Waals surface area contributed by atoms with Gasteiger partial charge < -0.3 is 5.32 Å². The highest BCUT2D eigenvalue weighted by Gasteiger charge is 2.12. The lowest BCUT2D eigenvalue weighted by Gasteiger charge is -2.02. The third-order valence-corrected chi connectivity index (χ3v) is 3.34. The molecule has 0 aliphatic carbocycles. The fraction of sp³-hybridized carbons (Fsp3) is 0.308. The summed E-state index contributed by atoms with van der Waals surface area (Å²) in [6, 6.07) is 3.31. The fourth-order valence-electron chi connectivity index (χ4n) is 1.51. The van der Waals surface area contributed by atoms with Crippen molar-refractivity contribution < 1.29 is 13.6 Å². The molecule has 2 aromatic rings. The van der Waals surface area contributed by atoms with Crippen molar-refractivity contribution in [2.24, 2.45) is 5.92 Å². The molecule has 0 atom stereocenters. The summed E-state index contributed by atoms with van der Waals surface area (Å²) < 4.78 is 26.1. The Bertz CT molecular complexity index is 608. The molecule has 0 radical (unpaired) electrons. The van der Waals surface area contributed by atoms with E-state index in [4.69, 9.17) is 0 Å². The van der Waals surface area contributed by atoms with Gasteiger partial charge in [-0.25, -0.2) is 8.78 Å². The average molecular weight is 297 g/mol. The largest absolute Gasteiger partial charge is 0.300 e. The first kappa shape index (κ1) is 14.5. The quantitative estimate of drug-likeness (QED) is 0.944. The van der Waals surface area contributed by atoms with Gasteiger partial charge >= 0.3 is 0 Å². The van der Waals surface area contributed by atoms with Gasteiger partial charge in [-0.1, -0.05) is 25.2 Å². The molecule has 20 heavy (non-hydrogen) atoms. The summed E-state index contributed by atoms with van der Waals surface area (Å²) in [5, 5.41) is 11.3. The molecule has 0 bridgehead atoms. The van der Waals surface area contributed by atoms with Crippen molar-refractivity contribution in [3.8, 4) is 0 Å². The Morgan fingerprint density at radius 2 is 1.90 bits per heavy atom. The molecule has 0 saturated carbocycles. The van der Waals surface area contributed by atoms with Crippen LogP contribution in [-0.2, 0) is 11.2 Å². The van der Waals surface area contributed by atoms with Crippen LogP contribution in [0.1, 0.15) is 24.4 Å². The van der Waals surface area contributed by atoms with Gasteiger partial charge in [-0.3, -0.25) is 4.79 Å². The van der Waals surface area contributed by atoms with Crippen LogP contribution in [0.3, 0.4) is 0 Å². The summed E-state index contributed by atoms with van der Waals surface area (Å²) >= 11 is 1.19. The molecule has 1 amide bonds. The van der Waals surface area contributed by atoms with Crippen molar-refractivity contribution in [3.05, 3.63) is 40.4 Å². The summed E-state index contributed by atoms with van der Waals surface area (Å²) in [6.45, 7) is 3.54. The molecule has 2 rings (SSSR count). The maximum atomic E-state index is 13.1. The number of hydrogen-bond acceptors (Lipinski definition) is 4. The van der Waals surface area contributed by atoms with E-state index in [1.807, 2.05) is 0 Å². The van der Waals surface area contributed by atoms with Gasteiger partial charge in [0.15, 0.2) is 0 Å². The second-order valence-corrected chi connectivity index (χ2v) is 5.66. The number of amides is 1. The SMILES string of the molecule is CC(C)C(=O)Nc1nnc(Cc2cc(F)cc(F)c2)s1. The number of carbonyl (C=O) groups is 1. The van der Waals surface area contributed by atoms with Gasteiger partial charge in [0.25, 0.3) is 0 Å². The van der Waals surface area contributed by atoms with Crippen LogP contribution in [0, 0.1) is 17.6 Å². The number of aromatic nitrogens is 2. The van der Waals surface area contributed by atoms with Gasteiger partial charge in [0.05, 0.1) is 0 Å². The standard InChI is InChI=1S/C13H13F2N3OS/c1-7(2)12(19)16-13-18-17-11(20-13)5-8-3-9(14)6-10(15)4-8/h3-4,6-7H,5H2,1-2H3,(H,16,18,19). The van der Waals surface area contributed by atoms with E-state index in [1.165, 1.54) is 23.5 Å². The highest BCUT2D eigenvalue weighted by molar-refractivity contribution is 7.15. The Labute approximate surface area is 118 Å². The van der Waals surface area contributed by atoms with Crippen LogP contribution in [-0.4, -0.2) is 16.1 Å². The molecule has 1 heterocycles. The molecular weight excluding hydrogens is 284 g/mol. The molecule has 0 fully saturated rings. The maximum absolute atomic E-state index is 13.1. The number of halogens is 2. The molecule has 7 heteroatoms. The highest BCUT2D eigenvalue weighted by atomic mass is 32.1. The fourth-order valence-corrected chi connectivity index (χ4v) is 2.29. The third-order valence-electron chi connectivity index (χ3n) is 2.50. The molecule has 0 aliphatic heterocycles. The van der Waals surface area contributed by atoms with E-state index in [0.717, 1.165) is 6.07 Å². The van der Waals surface area contributed by atoms with E-state index >= 15 is 0 Å². The Kier molecular flexibility index (Phi) is 4.39. The minimum Gasteiger partial charge on any atom is -0.300 e. The number of anilines is 1. The molecule has 0 unspecified atom stereocenters. The van der Waals surface area contributed by atoms with Crippen LogP contribution >= 0.6 is 11.3 Å². The van der Waals surface area contributed by atoms with Crippen molar-refractivity contribution in [2.75, 3.05) is 5.32 Å². The number of carbonyl (C=O) groups excluding carboxylic acids is 1. The predicted octanol–water partition coefficient (Wildman–Crippen LogP) is 3.00. The zero-order valence-corrected chi connectivity index (χ0v) is 11.8. The van der Waals surface area contributed by atoms with Gasteiger partial charge in [-0.05, 0) is 17.7 Å². The van der Waals surface area contributed by atoms with E-state index in [-0.39, 0.29) is 18.2 Å². The average Bonchev–Trinajstić information content (AvgIpc) is 2.74. The zero-order valence-electron chi connectivity index (χ0n) is 11.0. The van der Waals surface area contributed by atoms with Crippen LogP contribution in [0.25, 0.3) is 0 Å². The molecule has 0 aliphatic rings. The van der Waals surface area contributed by atoms with Crippen molar-refractivity contribution in [1.82, 2.24) is 10.2 Å². The lowest BCUT2D eigenvalue weighted by Crippen LogP contribution is -2.17. The first-order chi connectivity index (χ1) is 9.44.